The molecule has 1 atom stereocenters. The maximum atomic E-state index is 12.1. The third-order valence-corrected chi connectivity index (χ3v) is 11.3. The highest BCUT2D eigenvalue weighted by molar-refractivity contribution is 6.08. The first-order valence-electron chi connectivity index (χ1n) is 18.3. The number of allylic oxidation sites excluding steroid dienone is 4. The highest BCUT2D eigenvalue weighted by Gasteiger charge is 2.47. The lowest BCUT2D eigenvalue weighted by Gasteiger charge is -2.31. The van der Waals surface area contributed by atoms with Gasteiger partial charge in [-0.2, -0.15) is 4.58 Å². The molecule has 2 aliphatic heterocycles. The second kappa shape index (κ2) is 13.2. The molecule has 2 heterocycles. The molecule has 2 N–H and O–H groups in total. The molecule has 0 aromatic heterocycles. The highest BCUT2D eigenvalue weighted by Crippen LogP contribution is 2.53. The fourth-order valence-electron chi connectivity index (χ4n) is 8.99. The van der Waals surface area contributed by atoms with Gasteiger partial charge in [0.1, 0.15) is 6.42 Å². The average molecular weight is 700 g/mol. The van der Waals surface area contributed by atoms with Gasteiger partial charge in [0.15, 0.2) is 12.3 Å². The molecular weight excluding hydrogens is 657 g/mol. The minimum atomic E-state index is -0.840. The van der Waals surface area contributed by atoms with E-state index in [4.69, 9.17) is 0 Å². The van der Waals surface area contributed by atoms with Crippen molar-refractivity contribution in [3.8, 4) is 0 Å². The molecule has 6 aromatic rings. The SMILES string of the molecule is CC1(C)C(/C=C/C=C2/N(CCC(=O)O)c3ccc4ccccc4c3C2(C)Cc2ccc3ccccc3c2)=[N+](CCC(=O)O)c2ccc3ccccc3c21. The first-order chi connectivity index (χ1) is 25.6. The number of aliphatic carboxylic acids is 2. The van der Waals surface area contributed by atoms with Crippen molar-refractivity contribution in [3.05, 3.63) is 156 Å². The zero-order chi connectivity index (χ0) is 36.9. The van der Waals surface area contributed by atoms with Gasteiger partial charge in [0, 0.05) is 41.1 Å². The van der Waals surface area contributed by atoms with E-state index in [2.05, 4.69) is 158 Å². The zero-order valence-electron chi connectivity index (χ0n) is 30.3. The van der Waals surface area contributed by atoms with Crippen LogP contribution in [0.2, 0.25) is 0 Å². The third kappa shape index (κ3) is 5.88. The molecule has 0 amide bonds. The van der Waals surface area contributed by atoms with Gasteiger partial charge in [-0.3, -0.25) is 9.59 Å². The second-order valence-electron chi connectivity index (χ2n) is 15.1. The smallest absolute Gasteiger partial charge is 0.309 e. The van der Waals surface area contributed by atoms with Gasteiger partial charge in [0.05, 0.1) is 11.8 Å². The Morgan fingerprint density at radius 2 is 1.30 bits per heavy atom. The summed E-state index contributed by atoms with van der Waals surface area (Å²) in [5.41, 5.74) is 6.81. The van der Waals surface area contributed by atoms with E-state index >= 15 is 0 Å². The Bertz CT molecular complexity index is 2560. The maximum absolute atomic E-state index is 12.1. The first-order valence-corrected chi connectivity index (χ1v) is 18.3. The summed E-state index contributed by atoms with van der Waals surface area (Å²) in [5.74, 6) is -1.68. The highest BCUT2D eigenvalue weighted by atomic mass is 16.4. The largest absolute Gasteiger partial charge is 0.481 e. The van der Waals surface area contributed by atoms with E-state index in [0.717, 1.165) is 44.3 Å². The molecule has 0 spiro atoms. The molecule has 0 saturated heterocycles. The summed E-state index contributed by atoms with van der Waals surface area (Å²) in [4.78, 5) is 26.1. The number of fused-ring (bicyclic) bond motifs is 7. The topological polar surface area (TPSA) is 80.9 Å². The predicted octanol–water partition coefficient (Wildman–Crippen LogP) is 9.93. The molecule has 0 radical (unpaired) electrons. The van der Waals surface area contributed by atoms with Crippen molar-refractivity contribution in [2.24, 2.45) is 0 Å². The van der Waals surface area contributed by atoms with Crippen molar-refractivity contribution < 1.29 is 24.4 Å². The van der Waals surface area contributed by atoms with Crippen LogP contribution in [0.3, 0.4) is 0 Å². The number of hydrogen-bond acceptors (Lipinski definition) is 3. The normalized spacial score (nSPS) is 18.5. The molecule has 6 heteroatoms. The van der Waals surface area contributed by atoms with E-state index in [1.54, 1.807) is 0 Å². The number of carbonyl (C=O) groups is 2. The summed E-state index contributed by atoms with van der Waals surface area (Å²) in [6, 6.07) is 40.4. The predicted molar refractivity (Wildman–Crippen MR) is 215 cm³/mol. The number of anilines is 1. The quantitative estimate of drug-likeness (QED) is 0.139. The lowest BCUT2D eigenvalue weighted by molar-refractivity contribution is -0.436. The second-order valence-corrected chi connectivity index (χ2v) is 15.1. The monoisotopic (exact) mass is 699 g/mol. The number of carboxylic acid groups (broad SMARTS) is 2. The molecule has 0 saturated carbocycles. The van der Waals surface area contributed by atoms with Crippen LogP contribution in [0, 0.1) is 0 Å². The van der Waals surface area contributed by atoms with Crippen LogP contribution in [0.1, 0.15) is 50.3 Å². The van der Waals surface area contributed by atoms with Gasteiger partial charge in [-0.15, -0.1) is 0 Å². The number of benzene rings is 6. The van der Waals surface area contributed by atoms with Crippen LogP contribution in [-0.4, -0.2) is 45.5 Å². The van der Waals surface area contributed by atoms with E-state index in [0.29, 0.717) is 19.5 Å². The summed E-state index contributed by atoms with van der Waals surface area (Å²) in [6.45, 7) is 7.40. The molecular formula is C47H43N2O4+. The van der Waals surface area contributed by atoms with Crippen LogP contribution < -0.4 is 4.90 Å². The van der Waals surface area contributed by atoms with E-state index in [1.807, 2.05) is 6.07 Å². The Morgan fingerprint density at radius 3 is 2.00 bits per heavy atom. The van der Waals surface area contributed by atoms with Gasteiger partial charge in [-0.25, -0.2) is 0 Å². The minimum absolute atomic E-state index is 0.00483. The zero-order valence-corrected chi connectivity index (χ0v) is 30.3. The molecule has 0 bridgehead atoms. The molecule has 2 aliphatic rings. The Kier molecular flexibility index (Phi) is 8.49. The third-order valence-electron chi connectivity index (χ3n) is 11.3. The molecule has 6 aromatic carbocycles. The number of rotatable bonds is 10. The van der Waals surface area contributed by atoms with Crippen LogP contribution >= 0.6 is 0 Å². The summed E-state index contributed by atoms with van der Waals surface area (Å²) in [7, 11) is 0. The summed E-state index contributed by atoms with van der Waals surface area (Å²) >= 11 is 0. The lowest BCUT2D eigenvalue weighted by atomic mass is 9.74. The number of nitrogens with zero attached hydrogens (tertiary/aromatic N) is 2. The van der Waals surface area contributed by atoms with Crippen LogP contribution in [0.4, 0.5) is 11.4 Å². The van der Waals surface area contributed by atoms with Gasteiger partial charge < -0.3 is 15.1 Å². The minimum Gasteiger partial charge on any atom is -0.481 e. The Morgan fingerprint density at radius 1 is 0.698 bits per heavy atom. The molecule has 8 rings (SSSR count). The van der Waals surface area contributed by atoms with Gasteiger partial charge in [-0.05, 0) is 88.8 Å². The van der Waals surface area contributed by atoms with Crippen molar-refractivity contribution in [3.63, 3.8) is 0 Å². The van der Waals surface area contributed by atoms with E-state index in [-0.39, 0.29) is 12.8 Å². The van der Waals surface area contributed by atoms with Crippen molar-refractivity contribution >= 4 is 61.3 Å². The lowest BCUT2D eigenvalue weighted by Crippen LogP contribution is -2.32. The van der Waals surface area contributed by atoms with E-state index < -0.39 is 22.8 Å². The van der Waals surface area contributed by atoms with Crippen molar-refractivity contribution in [1.29, 1.82) is 0 Å². The van der Waals surface area contributed by atoms with Crippen molar-refractivity contribution in [1.82, 2.24) is 0 Å². The molecule has 264 valence electrons. The summed E-state index contributed by atoms with van der Waals surface area (Å²) < 4.78 is 2.16. The van der Waals surface area contributed by atoms with Crippen molar-refractivity contribution in [2.75, 3.05) is 18.0 Å². The van der Waals surface area contributed by atoms with Gasteiger partial charge in [0.2, 0.25) is 5.69 Å². The molecule has 6 nitrogen and oxygen atoms in total. The van der Waals surface area contributed by atoms with E-state index in [9.17, 15) is 19.8 Å². The van der Waals surface area contributed by atoms with E-state index in [1.165, 1.54) is 27.5 Å². The average Bonchev–Trinajstić information content (AvgIpc) is 3.52. The van der Waals surface area contributed by atoms with Crippen LogP contribution in [0.25, 0.3) is 32.3 Å². The van der Waals surface area contributed by atoms with Gasteiger partial charge >= 0.3 is 11.9 Å². The van der Waals surface area contributed by atoms with Crippen LogP contribution in [-0.2, 0) is 26.8 Å². The Balaban J connectivity index is 1.30. The molecule has 1 unspecified atom stereocenters. The van der Waals surface area contributed by atoms with Crippen molar-refractivity contribution in [2.45, 2.75) is 50.9 Å². The molecule has 0 fully saturated rings. The Labute approximate surface area is 309 Å². The number of carboxylic acids is 2. The fourth-order valence-corrected chi connectivity index (χ4v) is 8.99. The molecule has 53 heavy (non-hydrogen) atoms. The summed E-state index contributed by atoms with van der Waals surface area (Å²) in [5, 5.41) is 26.6. The molecule has 0 aliphatic carbocycles. The maximum Gasteiger partial charge on any atom is 0.309 e. The van der Waals surface area contributed by atoms with Gasteiger partial charge in [-0.1, -0.05) is 103 Å². The Hall–Kier alpha value is -6.01. The fraction of sp³-hybridized carbons (Fsp3) is 0.213. The van der Waals surface area contributed by atoms with Gasteiger partial charge in [0.25, 0.3) is 0 Å². The summed E-state index contributed by atoms with van der Waals surface area (Å²) in [6.07, 6.45) is 7.11. The standard InChI is InChI=1S/C47H42N2O4/c1-46(2)40(48(27-25-42(50)51)38-23-21-33-12-6-8-15-36(33)44(38)46)17-10-18-41-47(3,30-31-19-20-32-11-4-5-14-35(32)29-31)45-37-16-9-7-13-34(37)22-24-39(45)49(41)28-26-43(52)53/h4-24,29H,25-28,30H2,1-3H3,(H-,50,51,52,53)/p+1. The van der Waals surface area contributed by atoms with Crippen LogP contribution in [0.15, 0.2) is 139 Å². The number of hydrogen-bond donors (Lipinski definition) is 2. The van der Waals surface area contributed by atoms with Crippen LogP contribution in [0.5, 0.6) is 0 Å². The first kappa shape index (κ1) is 34.1.